The summed E-state index contributed by atoms with van der Waals surface area (Å²) < 4.78 is 1.06. The molecule has 0 bridgehead atoms. The average molecular weight is 326 g/mol. The molecule has 4 heteroatoms. The number of aromatic nitrogens is 1. The Labute approximate surface area is 120 Å². The van der Waals surface area contributed by atoms with Crippen molar-refractivity contribution in [3.8, 4) is 11.3 Å². The molecule has 2 rings (SSSR count). The fourth-order valence-electron chi connectivity index (χ4n) is 1.63. The molecular weight excluding hydrogens is 310 g/mol. The Morgan fingerprint density at radius 2 is 1.89 bits per heavy atom. The second-order valence-corrected chi connectivity index (χ2v) is 7.09. The van der Waals surface area contributed by atoms with Gasteiger partial charge >= 0.3 is 0 Å². The number of halogens is 1. The fourth-order valence-corrected chi connectivity index (χ4v) is 2.92. The molecule has 0 radical (unpaired) electrons. The SMILES string of the molecule is Cc1sc(C(C)(C)CO)nc1-c1ccc(Br)cc1. The molecule has 0 spiro atoms. The van der Waals surface area contributed by atoms with Crippen LogP contribution in [0.3, 0.4) is 0 Å². The topological polar surface area (TPSA) is 33.1 Å². The molecular formula is C14H16BrNOS. The van der Waals surface area contributed by atoms with Crippen LogP contribution < -0.4 is 0 Å². The zero-order valence-electron chi connectivity index (χ0n) is 10.7. The Morgan fingerprint density at radius 3 is 2.44 bits per heavy atom. The van der Waals surface area contributed by atoms with Crippen molar-refractivity contribution in [3.63, 3.8) is 0 Å². The zero-order valence-corrected chi connectivity index (χ0v) is 13.1. The first-order valence-corrected chi connectivity index (χ1v) is 7.40. The Balaban J connectivity index is 2.44. The Morgan fingerprint density at radius 1 is 1.28 bits per heavy atom. The molecule has 2 aromatic rings. The smallest absolute Gasteiger partial charge is 0.101 e. The van der Waals surface area contributed by atoms with Gasteiger partial charge in [0.25, 0.3) is 0 Å². The minimum atomic E-state index is -0.275. The molecule has 0 aliphatic rings. The minimum Gasteiger partial charge on any atom is -0.395 e. The number of nitrogens with zero attached hydrogens (tertiary/aromatic N) is 1. The maximum Gasteiger partial charge on any atom is 0.101 e. The third kappa shape index (κ3) is 2.66. The van der Waals surface area contributed by atoms with E-state index in [1.54, 1.807) is 11.3 Å². The molecule has 0 fully saturated rings. The lowest BCUT2D eigenvalue weighted by Gasteiger charge is -2.17. The van der Waals surface area contributed by atoms with Crippen LogP contribution in [-0.2, 0) is 5.41 Å². The highest BCUT2D eigenvalue weighted by Crippen LogP contribution is 2.34. The van der Waals surface area contributed by atoms with Crippen molar-refractivity contribution in [2.75, 3.05) is 6.61 Å². The normalized spacial score (nSPS) is 11.8. The molecule has 0 amide bonds. The molecule has 1 aromatic heterocycles. The van der Waals surface area contributed by atoms with Gasteiger partial charge in [-0.15, -0.1) is 11.3 Å². The molecule has 18 heavy (non-hydrogen) atoms. The summed E-state index contributed by atoms with van der Waals surface area (Å²) in [6, 6.07) is 8.15. The lowest BCUT2D eigenvalue weighted by Crippen LogP contribution is -2.21. The van der Waals surface area contributed by atoms with E-state index in [9.17, 15) is 5.11 Å². The van der Waals surface area contributed by atoms with Crippen LogP contribution in [0.1, 0.15) is 23.7 Å². The van der Waals surface area contributed by atoms with E-state index in [1.165, 1.54) is 4.88 Å². The van der Waals surface area contributed by atoms with Gasteiger partial charge in [-0.2, -0.15) is 0 Å². The van der Waals surface area contributed by atoms with E-state index >= 15 is 0 Å². The van der Waals surface area contributed by atoms with E-state index in [1.807, 2.05) is 26.0 Å². The van der Waals surface area contributed by atoms with Gasteiger partial charge in [-0.25, -0.2) is 4.98 Å². The molecule has 0 unspecified atom stereocenters. The van der Waals surface area contributed by atoms with E-state index in [0.717, 1.165) is 20.7 Å². The summed E-state index contributed by atoms with van der Waals surface area (Å²) in [5.74, 6) is 0. The van der Waals surface area contributed by atoms with Crippen molar-refractivity contribution >= 4 is 27.3 Å². The number of hydrogen-bond acceptors (Lipinski definition) is 3. The number of aliphatic hydroxyl groups excluding tert-OH is 1. The van der Waals surface area contributed by atoms with Crippen LogP contribution in [0, 0.1) is 6.92 Å². The maximum absolute atomic E-state index is 9.42. The first kappa shape index (κ1) is 13.7. The van der Waals surface area contributed by atoms with Gasteiger partial charge in [0.15, 0.2) is 0 Å². The van der Waals surface area contributed by atoms with Crippen LogP contribution in [0.5, 0.6) is 0 Å². The Kier molecular flexibility index (Phi) is 3.90. The van der Waals surface area contributed by atoms with Crippen LogP contribution in [0.2, 0.25) is 0 Å². The first-order valence-electron chi connectivity index (χ1n) is 5.79. The van der Waals surface area contributed by atoms with Crippen molar-refractivity contribution in [2.24, 2.45) is 0 Å². The average Bonchev–Trinajstić information content (AvgIpc) is 2.73. The summed E-state index contributed by atoms with van der Waals surface area (Å²) in [7, 11) is 0. The van der Waals surface area contributed by atoms with Crippen LogP contribution in [0.4, 0.5) is 0 Å². The number of thiazole rings is 1. The highest BCUT2D eigenvalue weighted by Gasteiger charge is 2.25. The molecule has 0 aliphatic heterocycles. The predicted octanol–water partition coefficient (Wildman–Crippen LogP) is 4.15. The monoisotopic (exact) mass is 325 g/mol. The number of benzene rings is 1. The largest absolute Gasteiger partial charge is 0.395 e. The molecule has 2 nitrogen and oxygen atoms in total. The van der Waals surface area contributed by atoms with E-state index in [2.05, 4.69) is 35.0 Å². The van der Waals surface area contributed by atoms with Crippen molar-refractivity contribution in [2.45, 2.75) is 26.2 Å². The van der Waals surface area contributed by atoms with Gasteiger partial charge in [0.05, 0.1) is 12.3 Å². The van der Waals surface area contributed by atoms with Crippen LogP contribution >= 0.6 is 27.3 Å². The quantitative estimate of drug-likeness (QED) is 0.919. The molecule has 96 valence electrons. The van der Waals surface area contributed by atoms with Gasteiger partial charge in [-0.1, -0.05) is 41.9 Å². The second-order valence-electron chi connectivity index (χ2n) is 4.97. The molecule has 1 N–H and O–H groups in total. The van der Waals surface area contributed by atoms with Gasteiger partial charge in [0.2, 0.25) is 0 Å². The minimum absolute atomic E-state index is 0.111. The van der Waals surface area contributed by atoms with Crippen molar-refractivity contribution < 1.29 is 5.11 Å². The predicted molar refractivity (Wildman–Crippen MR) is 80.1 cm³/mol. The van der Waals surface area contributed by atoms with Gasteiger partial charge < -0.3 is 5.11 Å². The third-order valence-corrected chi connectivity index (χ3v) is 4.75. The highest BCUT2D eigenvalue weighted by molar-refractivity contribution is 9.10. The third-order valence-electron chi connectivity index (χ3n) is 2.89. The highest BCUT2D eigenvalue weighted by atomic mass is 79.9. The number of hydrogen-bond donors (Lipinski definition) is 1. The number of aryl methyl sites for hydroxylation is 1. The molecule has 0 atom stereocenters. The van der Waals surface area contributed by atoms with E-state index in [4.69, 9.17) is 4.98 Å². The van der Waals surface area contributed by atoms with Crippen LogP contribution in [0.25, 0.3) is 11.3 Å². The summed E-state index contributed by atoms with van der Waals surface area (Å²) in [5, 5.41) is 10.4. The summed E-state index contributed by atoms with van der Waals surface area (Å²) in [5.41, 5.74) is 1.86. The summed E-state index contributed by atoms with van der Waals surface area (Å²) in [6.07, 6.45) is 0. The maximum atomic E-state index is 9.42. The zero-order chi connectivity index (χ0) is 13.3. The number of aliphatic hydroxyl groups is 1. The van der Waals surface area contributed by atoms with Crippen molar-refractivity contribution in [1.29, 1.82) is 0 Å². The fraction of sp³-hybridized carbons (Fsp3) is 0.357. The van der Waals surface area contributed by atoms with E-state index in [-0.39, 0.29) is 12.0 Å². The van der Waals surface area contributed by atoms with Crippen molar-refractivity contribution in [1.82, 2.24) is 4.98 Å². The lowest BCUT2D eigenvalue weighted by atomic mass is 9.96. The molecule has 0 aliphatic carbocycles. The molecule has 0 saturated carbocycles. The molecule has 1 heterocycles. The van der Waals surface area contributed by atoms with Crippen LogP contribution in [-0.4, -0.2) is 16.7 Å². The van der Waals surface area contributed by atoms with Gasteiger partial charge in [-0.3, -0.25) is 0 Å². The van der Waals surface area contributed by atoms with E-state index < -0.39 is 0 Å². The summed E-state index contributed by atoms with van der Waals surface area (Å²) in [4.78, 5) is 5.88. The van der Waals surface area contributed by atoms with E-state index in [0.29, 0.717) is 0 Å². The molecule has 1 aromatic carbocycles. The van der Waals surface area contributed by atoms with Gasteiger partial charge in [-0.05, 0) is 19.1 Å². The van der Waals surface area contributed by atoms with Crippen molar-refractivity contribution in [3.05, 3.63) is 38.6 Å². The molecule has 0 saturated heterocycles. The summed E-state index contributed by atoms with van der Waals surface area (Å²) >= 11 is 5.10. The lowest BCUT2D eigenvalue weighted by molar-refractivity contribution is 0.218. The standard InChI is InChI=1S/C14H16BrNOS/c1-9-12(10-4-6-11(15)7-5-10)16-13(18-9)14(2,3)8-17/h4-7,17H,8H2,1-3H3. The first-order chi connectivity index (χ1) is 8.44. The Hall–Kier alpha value is -0.710. The summed E-state index contributed by atoms with van der Waals surface area (Å²) in [6.45, 7) is 6.21. The van der Waals surface area contributed by atoms with Gasteiger partial charge in [0.1, 0.15) is 5.01 Å². The Bertz CT molecular complexity index is 545. The van der Waals surface area contributed by atoms with Crippen LogP contribution in [0.15, 0.2) is 28.7 Å². The number of rotatable bonds is 3. The second kappa shape index (κ2) is 5.11. The van der Waals surface area contributed by atoms with Gasteiger partial charge in [0, 0.05) is 20.3 Å².